The minimum Gasteiger partial charge on any atom is -0.453 e. The van der Waals surface area contributed by atoms with Crippen molar-refractivity contribution in [2.75, 3.05) is 38.2 Å². The smallest absolute Gasteiger partial charge is 0.410 e. The number of carbonyl (C=O) groups is 2. The van der Waals surface area contributed by atoms with Gasteiger partial charge in [-0.05, 0) is 51.5 Å². The van der Waals surface area contributed by atoms with E-state index >= 15 is 0 Å². The van der Waals surface area contributed by atoms with Crippen LogP contribution in [-0.4, -0.2) is 75.6 Å². The van der Waals surface area contributed by atoms with Gasteiger partial charge in [-0.15, -0.1) is 10.2 Å². The highest BCUT2D eigenvalue weighted by Gasteiger charge is 2.55. The third-order valence-corrected chi connectivity index (χ3v) is 6.82. The lowest BCUT2D eigenvalue weighted by atomic mass is 9.73. The Morgan fingerprint density at radius 1 is 1.12 bits per heavy atom. The standard InChI is InChI=1S/C23H29ClN6O4/c1-14-18-25-26-19(27-10-23(11-27)12-28(13-23)20(31)34-22(2,3)4)30(18)17-7-6-16(24)8-15(17)9-29(14)21(32)33-5/h6-8,14H,9-13H2,1-5H3. The highest BCUT2D eigenvalue weighted by atomic mass is 35.5. The van der Waals surface area contributed by atoms with Crippen molar-refractivity contribution in [3.63, 3.8) is 0 Å². The maximum Gasteiger partial charge on any atom is 0.410 e. The van der Waals surface area contributed by atoms with Gasteiger partial charge in [-0.25, -0.2) is 9.59 Å². The van der Waals surface area contributed by atoms with Crippen molar-refractivity contribution < 1.29 is 19.1 Å². The first kappa shape index (κ1) is 22.8. The van der Waals surface area contributed by atoms with Crippen LogP contribution in [0.5, 0.6) is 0 Å². The highest BCUT2D eigenvalue weighted by molar-refractivity contribution is 6.30. The number of likely N-dealkylation sites (tertiary alicyclic amines) is 1. The molecule has 10 nitrogen and oxygen atoms in total. The Morgan fingerprint density at radius 3 is 2.47 bits per heavy atom. The SMILES string of the molecule is COC(=O)N1Cc2cc(Cl)ccc2-n2c(nnc2N2CC3(CN(C(=O)OC(C)(C)C)C3)C2)C1C. The summed E-state index contributed by atoms with van der Waals surface area (Å²) in [4.78, 5) is 30.4. The third-order valence-electron chi connectivity index (χ3n) is 6.58. The molecular formula is C23H29ClN6O4. The predicted molar refractivity (Wildman–Crippen MR) is 125 cm³/mol. The van der Waals surface area contributed by atoms with E-state index in [1.54, 1.807) is 9.80 Å². The Hall–Kier alpha value is -3.01. The van der Waals surface area contributed by atoms with Crippen molar-refractivity contribution in [2.24, 2.45) is 5.41 Å². The summed E-state index contributed by atoms with van der Waals surface area (Å²) in [6.45, 7) is 10.7. The second-order valence-corrected chi connectivity index (χ2v) is 10.9. The number of aromatic nitrogens is 3. The van der Waals surface area contributed by atoms with Crippen LogP contribution in [0.25, 0.3) is 5.69 Å². The van der Waals surface area contributed by atoms with Gasteiger partial charge >= 0.3 is 12.2 Å². The summed E-state index contributed by atoms with van der Waals surface area (Å²) in [6, 6.07) is 5.28. The van der Waals surface area contributed by atoms with E-state index in [1.807, 2.05) is 50.5 Å². The number of fused-ring (bicyclic) bond motifs is 3. The molecule has 3 aliphatic heterocycles. The van der Waals surface area contributed by atoms with Crippen LogP contribution >= 0.6 is 11.6 Å². The fraction of sp³-hybridized carbons (Fsp3) is 0.565. The minimum absolute atomic E-state index is 0.0422. The molecule has 0 bridgehead atoms. The van der Waals surface area contributed by atoms with Crippen molar-refractivity contribution in [3.05, 3.63) is 34.6 Å². The summed E-state index contributed by atoms with van der Waals surface area (Å²) < 4.78 is 12.5. The molecule has 1 unspecified atom stereocenters. The van der Waals surface area contributed by atoms with Crippen LogP contribution in [0.4, 0.5) is 15.5 Å². The Balaban J connectivity index is 1.39. The summed E-state index contributed by atoms with van der Waals surface area (Å²) in [5.41, 5.74) is 1.32. The maximum absolute atomic E-state index is 12.5. The molecule has 0 aliphatic carbocycles. The molecule has 1 spiro atoms. The summed E-state index contributed by atoms with van der Waals surface area (Å²) >= 11 is 6.28. The molecule has 2 aromatic rings. The third kappa shape index (κ3) is 3.73. The lowest BCUT2D eigenvalue weighted by Crippen LogP contribution is -2.73. The quantitative estimate of drug-likeness (QED) is 0.605. The molecule has 0 saturated carbocycles. The number of benzene rings is 1. The Bertz CT molecular complexity index is 1140. The number of anilines is 1. The van der Waals surface area contributed by atoms with Gasteiger partial charge in [-0.3, -0.25) is 9.47 Å². The minimum atomic E-state index is -0.504. The van der Waals surface area contributed by atoms with Crippen molar-refractivity contribution in [1.82, 2.24) is 24.6 Å². The molecule has 0 radical (unpaired) electrons. The van der Waals surface area contributed by atoms with Crippen LogP contribution in [0.1, 0.15) is 45.1 Å². The molecule has 182 valence electrons. The first-order chi connectivity index (χ1) is 16.0. The Kier molecular flexibility index (Phi) is 5.20. The number of ether oxygens (including phenoxy) is 2. The monoisotopic (exact) mass is 488 g/mol. The summed E-state index contributed by atoms with van der Waals surface area (Å²) in [5, 5.41) is 9.56. The van der Waals surface area contributed by atoms with Gasteiger partial charge in [0.05, 0.1) is 25.4 Å². The number of hydrogen-bond donors (Lipinski definition) is 0. The van der Waals surface area contributed by atoms with E-state index in [0.717, 1.165) is 30.3 Å². The van der Waals surface area contributed by atoms with Crippen LogP contribution in [-0.2, 0) is 16.0 Å². The molecule has 2 fully saturated rings. The molecule has 2 saturated heterocycles. The molecule has 1 aromatic heterocycles. The molecule has 1 aromatic carbocycles. The van der Waals surface area contributed by atoms with Crippen molar-refractivity contribution in [3.8, 4) is 5.69 Å². The summed E-state index contributed by atoms with van der Waals surface area (Å²) in [6.07, 6.45) is -0.702. The van der Waals surface area contributed by atoms with Gasteiger partial charge < -0.3 is 19.3 Å². The van der Waals surface area contributed by atoms with Crippen LogP contribution in [0.2, 0.25) is 5.02 Å². The van der Waals surface area contributed by atoms with E-state index < -0.39 is 11.7 Å². The normalized spacial score (nSPS) is 20.6. The number of carbonyl (C=O) groups excluding carboxylic acids is 2. The Labute approximate surface area is 203 Å². The molecule has 4 heterocycles. The zero-order valence-corrected chi connectivity index (χ0v) is 20.8. The number of halogens is 1. The van der Waals surface area contributed by atoms with E-state index in [0.29, 0.717) is 30.5 Å². The van der Waals surface area contributed by atoms with Gasteiger partial charge in [0.1, 0.15) is 5.60 Å². The zero-order valence-electron chi connectivity index (χ0n) is 20.0. The molecule has 34 heavy (non-hydrogen) atoms. The fourth-order valence-corrected chi connectivity index (χ4v) is 5.21. The number of methoxy groups -OCH3 is 1. The zero-order chi connectivity index (χ0) is 24.4. The summed E-state index contributed by atoms with van der Waals surface area (Å²) in [5.74, 6) is 1.38. The van der Waals surface area contributed by atoms with Crippen molar-refractivity contribution >= 4 is 29.7 Å². The maximum atomic E-state index is 12.5. The van der Waals surface area contributed by atoms with Gasteiger partial charge in [-0.1, -0.05) is 11.6 Å². The van der Waals surface area contributed by atoms with Crippen LogP contribution in [0.3, 0.4) is 0 Å². The van der Waals surface area contributed by atoms with E-state index in [1.165, 1.54) is 7.11 Å². The average molecular weight is 489 g/mol. The molecule has 3 aliphatic rings. The van der Waals surface area contributed by atoms with Crippen LogP contribution in [0, 0.1) is 5.41 Å². The summed E-state index contributed by atoms with van der Waals surface area (Å²) in [7, 11) is 1.37. The van der Waals surface area contributed by atoms with Gasteiger partial charge in [-0.2, -0.15) is 0 Å². The van der Waals surface area contributed by atoms with E-state index in [-0.39, 0.29) is 17.6 Å². The van der Waals surface area contributed by atoms with Gasteiger partial charge in [0.2, 0.25) is 5.95 Å². The molecule has 11 heteroatoms. The van der Waals surface area contributed by atoms with Crippen LogP contribution < -0.4 is 4.90 Å². The first-order valence-electron chi connectivity index (χ1n) is 11.3. The Morgan fingerprint density at radius 2 is 1.82 bits per heavy atom. The van der Waals surface area contributed by atoms with E-state index in [9.17, 15) is 9.59 Å². The predicted octanol–water partition coefficient (Wildman–Crippen LogP) is 3.62. The molecular weight excluding hydrogens is 460 g/mol. The number of amides is 2. The van der Waals surface area contributed by atoms with Gasteiger partial charge in [0, 0.05) is 36.6 Å². The highest BCUT2D eigenvalue weighted by Crippen LogP contribution is 2.44. The largest absolute Gasteiger partial charge is 0.453 e. The number of nitrogens with zero attached hydrogens (tertiary/aromatic N) is 6. The first-order valence-corrected chi connectivity index (χ1v) is 11.7. The average Bonchev–Trinajstić information content (AvgIpc) is 3.07. The molecule has 2 amide bonds. The topological polar surface area (TPSA) is 93.0 Å². The number of rotatable bonds is 1. The molecule has 1 atom stereocenters. The fourth-order valence-electron chi connectivity index (χ4n) is 5.02. The van der Waals surface area contributed by atoms with Crippen molar-refractivity contribution in [1.29, 1.82) is 0 Å². The lowest BCUT2D eigenvalue weighted by molar-refractivity contribution is -0.0457. The van der Waals surface area contributed by atoms with Gasteiger partial charge in [0.15, 0.2) is 5.82 Å². The van der Waals surface area contributed by atoms with Crippen molar-refractivity contribution in [2.45, 2.75) is 45.9 Å². The molecule has 0 N–H and O–H groups in total. The number of hydrogen-bond acceptors (Lipinski definition) is 7. The van der Waals surface area contributed by atoms with Gasteiger partial charge in [0.25, 0.3) is 0 Å². The van der Waals surface area contributed by atoms with E-state index in [2.05, 4.69) is 15.1 Å². The molecule has 5 rings (SSSR count). The van der Waals surface area contributed by atoms with Crippen LogP contribution in [0.15, 0.2) is 18.2 Å². The second kappa shape index (κ2) is 7.76. The van der Waals surface area contributed by atoms with E-state index in [4.69, 9.17) is 21.1 Å². The lowest BCUT2D eigenvalue weighted by Gasteiger charge is -2.59. The second-order valence-electron chi connectivity index (χ2n) is 10.4.